The topological polar surface area (TPSA) is 32.5 Å². The molecule has 108 valence electrons. The lowest BCUT2D eigenvalue weighted by molar-refractivity contribution is 0.235. The van der Waals surface area contributed by atoms with Crippen LogP contribution in [0.5, 0.6) is 0 Å². The van der Waals surface area contributed by atoms with E-state index in [1.54, 1.807) is 0 Å². The Labute approximate surface area is 118 Å². The lowest BCUT2D eigenvalue weighted by Gasteiger charge is -2.28. The lowest BCUT2D eigenvalue weighted by Crippen LogP contribution is -2.32. The maximum atomic E-state index is 5.97. The first-order valence-electron chi connectivity index (χ1n) is 7.08. The van der Waals surface area contributed by atoms with E-state index >= 15 is 0 Å². The molecule has 0 radical (unpaired) electrons. The molecule has 0 saturated heterocycles. The summed E-state index contributed by atoms with van der Waals surface area (Å²) in [5.41, 5.74) is 9.99. The van der Waals surface area contributed by atoms with E-state index < -0.39 is 0 Å². The van der Waals surface area contributed by atoms with Crippen molar-refractivity contribution in [2.75, 3.05) is 40.8 Å². The van der Waals surface area contributed by atoms with Gasteiger partial charge in [0, 0.05) is 12.6 Å². The second-order valence-corrected chi connectivity index (χ2v) is 5.73. The fraction of sp³-hybridized carbons (Fsp3) is 0.625. The average Bonchev–Trinajstić information content (AvgIpc) is 2.34. The first kappa shape index (κ1) is 16.2. The lowest BCUT2D eigenvalue weighted by atomic mass is 10.00. The SMILES string of the molecule is Cc1ccc(C(CN)N(C)CCCN(C)C)cc1C. The fourth-order valence-corrected chi connectivity index (χ4v) is 2.33. The van der Waals surface area contributed by atoms with Gasteiger partial charge in [-0.25, -0.2) is 0 Å². The van der Waals surface area contributed by atoms with Crippen molar-refractivity contribution in [3.63, 3.8) is 0 Å². The molecule has 2 N–H and O–H groups in total. The van der Waals surface area contributed by atoms with E-state index in [2.05, 4.69) is 63.0 Å². The van der Waals surface area contributed by atoms with E-state index in [-0.39, 0.29) is 0 Å². The molecular formula is C16H29N3. The molecule has 0 aliphatic carbocycles. The van der Waals surface area contributed by atoms with Crippen LogP contribution in [-0.2, 0) is 0 Å². The van der Waals surface area contributed by atoms with E-state index in [1.807, 2.05) is 0 Å². The summed E-state index contributed by atoms with van der Waals surface area (Å²) in [5, 5.41) is 0. The van der Waals surface area contributed by atoms with Crippen LogP contribution in [0.15, 0.2) is 18.2 Å². The highest BCUT2D eigenvalue weighted by Crippen LogP contribution is 2.21. The number of aryl methyl sites for hydroxylation is 2. The molecule has 19 heavy (non-hydrogen) atoms. The van der Waals surface area contributed by atoms with Crippen LogP contribution in [0, 0.1) is 13.8 Å². The van der Waals surface area contributed by atoms with Crippen LogP contribution in [0.1, 0.15) is 29.2 Å². The van der Waals surface area contributed by atoms with Gasteiger partial charge in [-0.3, -0.25) is 4.90 Å². The van der Waals surface area contributed by atoms with Crippen LogP contribution < -0.4 is 5.73 Å². The predicted molar refractivity (Wildman–Crippen MR) is 83.5 cm³/mol. The quantitative estimate of drug-likeness (QED) is 0.818. The van der Waals surface area contributed by atoms with Crippen LogP contribution in [0.3, 0.4) is 0 Å². The first-order valence-corrected chi connectivity index (χ1v) is 7.08. The van der Waals surface area contributed by atoms with Crippen molar-refractivity contribution in [1.29, 1.82) is 0 Å². The van der Waals surface area contributed by atoms with Gasteiger partial charge in [0.2, 0.25) is 0 Å². The smallest absolute Gasteiger partial charge is 0.0467 e. The van der Waals surface area contributed by atoms with Gasteiger partial charge >= 0.3 is 0 Å². The van der Waals surface area contributed by atoms with Gasteiger partial charge in [-0.05, 0) is 71.2 Å². The van der Waals surface area contributed by atoms with E-state index in [0.717, 1.165) is 13.1 Å². The van der Waals surface area contributed by atoms with Gasteiger partial charge in [0.05, 0.1) is 0 Å². The molecule has 3 heteroatoms. The minimum atomic E-state index is 0.321. The zero-order valence-electron chi connectivity index (χ0n) is 13.1. The largest absolute Gasteiger partial charge is 0.329 e. The van der Waals surface area contributed by atoms with Crippen LogP contribution >= 0.6 is 0 Å². The van der Waals surface area contributed by atoms with Crippen molar-refractivity contribution in [2.24, 2.45) is 5.73 Å². The van der Waals surface area contributed by atoms with Gasteiger partial charge in [-0.15, -0.1) is 0 Å². The number of nitrogens with two attached hydrogens (primary N) is 1. The highest BCUT2D eigenvalue weighted by atomic mass is 15.1. The Kier molecular flexibility index (Phi) is 6.49. The zero-order valence-corrected chi connectivity index (χ0v) is 13.1. The van der Waals surface area contributed by atoms with Crippen LogP contribution in [0.2, 0.25) is 0 Å². The highest BCUT2D eigenvalue weighted by Gasteiger charge is 2.15. The third-order valence-corrected chi connectivity index (χ3v) is 3.79. The minimum absolute atomic E-state index is 0.321. The third-order valence-electron chi connectivity index (χ3n) is 3.79. The van der Waals surface area contributed by atoms with Gasteiger partial charge in [-0.1, -0.05) is 18.2 Å². The Morgan fingerprint density at radius 2 is 1.74 bits per heavy atom. The number of rotatable bonds is 7. The summed E-state index contributed by atoms with van der Waals surface area (Å²) < 4.78 is 0. The fourth-order valence-electron chi connectivity index (χ4n) is 2.33. The minimum Gasteiger partial charge on any atom is -0.329 e. The Bertz CT molecular complexity index is 388. The van der Waals surface area contributed by atoms with Crippen LogP contribution in [-0.4, -0.2) is 50.6 Å². The van der Waals surface area contributed by atoms with Gasteiger partial charge in [-0.2, -0.15) is 0 Å². The summed E-state index contributed by atoms with van der Waals surface area (Å²) in [7, 11) is 6.40. The molecule has 1 rings (SSSR count). The molecule has 0 aromatic heterocycles. The molecule has 0 bridgehead atoms. The highest BCUT2D eigenvalue weighted by molar-refractivity contribution is 5.31. The van der Waals surface area contributed by atoms with Gasteiger partial charge in [0.1, 0.15) is 0 Å². The van der Waals surface area contributed by atoms with E-state index in [0.29, 0.717) is 12.6 Å². The van der Waals surface area contributed by atoms with Crippen molar-refractivity contribution in [1.82, 2.24) is 9.80 Å². The van der Waals surface area contributed by atoms with Gasteiger partial charge < -0.3 is 10.6 Å². The number of benzene rings is 1. The molecule has 1 aromatic rings. The Morgan fingerprint density at radius 3 is 2.26 bits per heavy atom. The second kappa shape index (κ2) is 7.63. The zero-order chi connectivity index (χ0) is 14.4. The number of hydrogen-bond donors (Lipinski definition) is 1. The van der Waals surface area contributed by atoms with Crippen molar-refractivity contribution in [3.05, 3.63) is 34.9 Å². The molecule has 0 fully saturated rings. The number of hydrogen-bond acceptors (Lipinski definition) is 3. The van der Waals surface area contributed by atoms with Crippen molar-refractivity contribution in [2.45, 2.75) is 26.3 Å². The average molecular weight is 263 g/mol. The summed E-state index contributed by atoms with van der Waals surface area (Å²) >= 11 is 0. The maximum Gasteiger partial charge on any atom is 0.0467 e. The van der Waals surface area contributed by atoms with E-state index in [1.165, 1.54) is 23.1 Å². The Morgan fingerprint density at radius 1 is 1.05 bits per heavy atom. The van der Waals surface area contributed by atoms with Crippen LogP contribution in [0.4, 0.5) is 0 Å². The standard InChI is InChI=1S/C16H29N3/c1-13-7-8-15(11-14(13)2)16(12-17)19(5)10-6-9-18(3)4/h7-8,11,16H,6,9-10,12,17H2,1-5H3. The molecular weight excluding hydrogens is 234 g/mol. The second-order valence-electron chi connectivity index (χ2n) is 5.73. The summed E-state index contributed by atoms with van der Waals surface area (Å²) in [6.45, 7) is 7.18. The molecule has 0 aliphatic heterocycles. The molecule has 1 aromatic carbocycles. The van der Waals surface area contributed by atoms with E-state index in [9.17, 15) is 0 Å². The monoisotopic (exact) mass is 263 g/mol. The molecule has 3 nitrogen and oxygen atoms in total. The summed E-state index contributed by atoms with van der Waals surface area (Å²) in [5.74, 6) is 0. The van der Waals surface area contributed by atoms with Crippen molar-refractivity contribution in [3.8, 4) is 0 Å². The molecule has 0 heterocycles. The number of likely N-dealkylation sites (N-methyl/N-ethyl adjacent to an activating group) is 1. The van der Waals surface area contributed by atoms with Gasteiger partial charge in [0.25, 0.3) is 0 Å². The van der Waals surface area contributed by atoms with Gasteiger partial charge in [0.15, 0.2) is 0 Å². The van der Waals surface area contributed by atoms with Crippen LogP contribution in [0.25, 0.3) is 0 Å². The summed E-state index contributed by atoms with van der Waals surface area (Å²) in [6.07, 6.45) is 1.17. The molecule has 0 amide bonds. The third kappa shape index (κ3) is 4.94. The molecule has 0 aliphatic rings. The number of nitrogens with zero attached hydrogens (tertiary/aromatic N) is 2. The van der Waals surface area contributed by atoms with Crippen molar-refractivity contribution < 1.29 is 0 Å². The van der Waals surface area contributed by atoms with E-state index in [4.69, 9.17) is 5.73 Å². The molecule has 1 unspecified atom stereocenters. The maximum absolute atomic E-state index is 5.97. The molecule has 0 saturated carbocycles. The first-order chi connectivity index (χ1) is 8.95. The molecule has 0 spiro atoms. The summed E-state index contributed by atoms with van der Waals surface area (Å²) in [4.78, 5) is 4.59. The predicted octanol–water partition coefficient (Wildman–Crippen LogP) is 2.19. The molecule has 1 atom stereocenters. The van der Waals surface area contributed by atoms with Crippen molar-refractivity contribution >= 4 is 0 Å². The normalized spacial score (nSPS) is 13.3. The Balaban J connectivity index is 2.67. The summed E-state index contributed by atoms with van der Waals surface area (Å²) in [6, 6.07) is 7.00. The Hall–Kier alpha value is -0.900.